The Balaban J connectivity index is 1.48. The molecule has 0 unspecified atom stereocenters. The molecule has 65 heavy (non-hydrogen) atoms. The third-order valence-corrected chi connectivity index (χ3v) is 8.85. The Hall–Kier alpha value is -6.52. The number of benzene rings is 2. The van der Waals surface area contributed by atoms with Crippen molar-refractivity contribution in [1.82, 2.24) is 35.6 Å². The number of ether oxygens (including phenoxy) is 4. The molecule has 1 aromatic heterocycles. The molecule has 4 rings (SSSR count). The molecule has 0 aliphatic carbocycles. The Morgan fingerprint density at radius 1 is 0.708 bits per heavy atom. The van der Waals surface area contributed by atoms with E-state index in [4.69, 9.17) is 29.0 Å². The maximum Gasteiger partial charge on any atom is 0.437 e. The fraction of sp³-hybridized carbons (Fsp3) is 0.500. The molecule has 0 radical (unpaired) electrons. The summed E-state index contributed by atoms with van der Waals surface area (Å²) in [6.07, 6.45) is 3.24. The van der Waals surface area contributed by atoms with Crippen LogP contribution in [0, 0.1) is 0 Å². The lowest BCUT2D eigenvalue weighted by atomic mass is 9.98. The number of guanidine groups is 2. The first-order valence-electron chi connectivity index (χ1n) is 21.8. The van der Waals surface area contributed by atoms with Crippen LogP contribution < -0.4 is 16.0 Å². The maximum atomic E-state index is 12.7. The second-order valence-electron chi connectivity index (χ2n) is 19.4. The molecule has 1 aliphatic heterocycles. The van der Waals surface area contributed by atoms with E-state index in [2.05, 4.69) is 32.9 Å². The molecule has 0 fully saturated rings. The van der Waals surface area contributed by atoms with Gasteiger partial charge in [0.05, 0.1) is 6.54 Å². The monoisotopic (exact) mass is 898 g/mol. The molecular formula is C48H67N9O8. The average molecular weight is 898 g/mol. The minimum Gasteiger partial charge on any atom is -0.444 e. The average Bonchev–Trinajstić information content (AvgIpc) is 3.55. The van der Waals surface area contributed by atoms with Gasteiger partial charge in [-0.15, -0.1) is 4.99 Å². The molecule has 2 heterocycles. The molecule has 0 spiro atoms. The zero-order chi connectivity index (χ0) is 48.3. The number of aliphatic imine (C=N–C) groups is 2. The molecule has 17 nitrogen and oxygen atoms in total. The van der Waals surface area contributed by atoms with Crippen molar-refractivity contribution in [3.05, 3.63) is 71.8 Å². The normalized spacial score (nSPS) is 13.9. The van der Waals surface area contributed by atoms with Gasteiger partial charge in [0.25, 0.3) is 0 Å². The predicted molar refractivity (Wildman–Crippen MR) is 253 cm³/mol. The van der Waals surface area contributed by atoms with Crippen LogP contribution in [0.5, 0.6) is 0 Å². The van der Waals surface area contributed by atoms with Crippen molar-refractivity contribution in [3.63, 3.8) is 0 Å². The van der Waals surface area contributed by atoms with Crippen LogP contribution >= 0.6 is 0 Å². The molecule has 352 valence electrons. The molecular weight excluding hydrogens is 831 g/mol. The Morgan fingerprint density at radius 3 is 1.71 bits per heavy atom. The summed E-state index contributed by atoms with van der Waals surface area (Å²) in [5.41, 5.74) is 2.93. The van der Waals surface area contributed by atoms with Crippen molar-refractivity contribution in [2.75, 3.05) is 19.6 Å². The fourth-order valence-electron chi connectivity index (χ4n) is 6.28. The van der Waals surface area contributed by atoms with Crippen molar-refractivity contribution in [2.24, 2.45) is 17.0 Å². The minimum absolute atomic E-state index is 0.0608. The van der Waals surface area contributed by atoms with Crippen LogP contribution in [-0.2, 0) is 26.0 Å². The number of aromatic nitrogens is 3. The summed E-state index contributed by atoms with van der Waals surface area (Å²) in [5, 5.41) is 12.4. The summed E-state index contributed by atoms with van der Waals surface area (Å²) in [5.74, 6) is 1.25. The Labute approximate surface area is 383 Å². The molecule has 2 aromatic carbocycles. The number of hydrogen-bond donors (Lipinski definition) is 3. The number of nitrogens with zero attached hydrogens (tertiary/aromatic N) is 6. The Bertz CT molecular complexity index is 2250. The fourth-order valence-corrected chi connectivity index (χ4v) is 6.28. The van der Waals surface area contributed by atoms with Crippen molar-refractivity contribution in [3.8, 4) is 22.8 Å². The summed E-state index contributed by atoms with van der Waals surface area (Å²) in [7, 11) is 1.86. The Morgan fingerprint density at radius 2 is 1.22 bits per heavy atom. The lowest BCUT2D eigenvalue weighted by Crippen LogP contribution is -2.48. The van der Waals surface area contributed by atoms with Gasteiger partial charge >= 0.3 is 24.4 Å². The summed E-state index contributed by atoms with van der Waals surface area (Å²) in [6.45, 7) is 24.1. The van der Waals surface area contributed by atoms with Crippen LogP contribution in [0.4, 0.5) is 19.2 Å². The van der Waals surface area contributed by atoms with Crippen LogP contribution in [0.3, 0.4) is 0 Å². The largest absolute Gasteiger partial charge is 0.444 e. The summed E-state index contributed by atoms with van der Waals surface area (Å²) >= 11 is 0. The lowest BCUT2D eigenvalue weighted by Gasteiger charge is -2.30. The highest BCUT2D eigenvalue weighted by Gasteiger charge is 2.26. The topological polar surface area (TPSA) is 200 Å². The number of rotatable bonds is 8. The number of carbonyl (C=O) groups excluding carboxylic acids is 4. The molecule has 0 bridgehead atoms. The van der Waals surface area contributed by atoms with E-state index < -0.39 is 46.8 Å². The zero-order valence-corrected chi connectivity index (χ0v) is 40.5. The first-order valence-corrected chi connectivity index (χ1v) is 21.8. The summed E-state index contributed by atoms with van der Waals surface area (Å²) < 4.78 is 23.3. The molecule has 3 N–H and O–H groups in total. The van der Waals surface area contributed by atoms with Gasteiger partial charge in [-0.2, -0.15) is 5.10 Å². The smallest absolute Gasteiger partial charge is 0.437 e. The van der Waals surface area contributed by atoms with Crippen molar-refractivity contribution >= 4 is 47.4 Å². The van der Waals surface area contributed by atoms with Crippen LogP contribution in [0.25, 0.3) is 33.9 Å². The van der Waals surface area contributed by atoms with Crippen molar-refractivity contribution in [2.45, 2.75) is 132 Å². The molecule has 4 amide bonds. The summed E-state index contributed by atoms with van der Waals surface area (Å²) in [4.78, 5) is 65.6. The Kier molecular flexibility index (Phi) is 16.9. The van der Waals surface area contributed by atoms with E-state index in [1.54, 1.807) is 92.7 Å². The number of alkyl carbamates (subject to hydrolysis) is 3. The van der Waals surface area contributed by atoms with E-state index in [0.717, 1.165) is 46.2 Å². The van der Waals surface area contributed by atoms with Gasteiger partial charge in [-0.3, -0.25) is 16.0 Å². The highest BCUT2D eigenvalue weighted by Crippen LogP contribution is 2.28. The van der Waals surface area contributed by atoms with Crippen LogP contribution in [0.2, 0.25) is 0 Å². The third-order valence-electron chi connectivity index (χ3n) is 8.85. The molecule has 0 saturated heterocycles. The predicted octanol–water partition coefficient (Wildman–Crippen LogP) is 9.64. The van der Waals surface area contributed by atoms with Gasteiger partial charge in [-0.25, -0.2) is 33.8 Å². The first kappa shape index (κ1) is 51.1. The minimum atomic E-state index is -0.812. The van der Waals surface area contributed by atoms with Crippen LogP contribution in [0.1, 0.15) is 120 Å². The van der Waals surface area contributed by atoms with E-state index in [-0.39, 0.29) is 18.5 Å². The van der Waals surface area contributed by atoms with Crippen LogP contribution in [0.15, 0.2) is 70.7 Å². The van der Waals surface area contributed by atoms with Crippen molar-refractivity contribution < 1.29 is 38.1 Å². The van der Waals surface area contributed by atoms with Gasteiger partial charge in [0.1, 0.15) is 22.4 Å². The van der Waals surface area contributed by atoms with Gasteiger partial charge in [0.15, 0.2) is 11.6 Å². The number of aryl methyl sites for hydroxylation is 1. The van der Waals surface area contributed by atoms with E-state index in [1.165, 1.54) is 0 Å². The van der Waals surface area contributed by atoms with Crippen molar-refractivity contribution in [1.29, 1.82) is 0 Å². The SMILES string of the molecule is CCC/C(=C\CN=C(NC(=O)OC(C)(C)C)NC(=O)OC(C)(C)C)c1ccc(-c2nc(-c3ccc(C4=CCN(/C(=N/C(=O)OC(C)(C)C)NC(=O)OC(C)(C)C)CC4)cc3)n(C)n2)cc1. The van der Waals surface area contributed by atoms with Gasteiger partial charge in [-0.05, 0) is 118 Å². The molecule has 1 aliphatic rings. The van der Waals surface area contributed by atoms with Gasteiger partial charge in [0, 0.05) is 31.3 Å². The van der Waals surface area contributed by atoms with Gasteiger partial charge < -0.3 is 23.8 Å². The second kappa shape index (κ2) is 21.4. The third kappa shape index (κ3) is 17.5. The first-order chi connectivity index (χ1) is 30.2. The number of allylic oxidation sites excluding steroid dienone is 1. The molecule has 3 aromatic rings. The van der Waals surface area contributed by atoms with Gasteiger partial charge in [-0.1, -0.05) is 74.0 Å². The van der Waals surface area contributed by atoms with Gasteiger partial charge in [0.2, 0.25) is 11.9 Å². The number of hydrogen-bond acceptors (Lipinski definition) is 11. The van der Waals surface area contributed by atoms with Crippen LogP contribution in [-0.4, -0.2) is 98.0 Å². The quantitative estimate of drug-likeness (QED) is 0.110. The number of nitrogens with one attached hydrogen (secondary N) is 3. The molecule has 17 heteroatoms. The number of amides is 4. The highest BCUT2D eigenvalue weighted by molar-refractivity contribution is 6.01. The number of carbonyl (C=O) groups is 4. The standard InChI is InChI=1S/C48H67N9O8/c1-15-16-31(25-28-49-39(51-41(58)62-45(2,3)4)52-42(59)63-46(5,6)7)32-17-21-35(22-18-32)37-50-38(56(14)55-37)36-23-19-33(20-24-36)34-26-29-57(30-27-34)40(53-43(60)64-47(8,9)10)54-44(61)65-48(11,12)13/h17-26H,15-16,27-30H2,1-14H3,(H,53,54,60,61)(H2,49,51,52,58,59)/b31-25+. The molecule has 0 saturated carbocycles. The molecule has 0 atom stereocenters. The summed E-state index contributed by atoms with van der Waals surface area (Å²) in [6, 6.07) is 16.1. The maximum absolute atomic E-state index is 12.7. The lowest BCUT2D eigenvalue weighted by molar-refractivity contribution is 0.0528. The van der Waals surface area contributed by atoms with E-state index in [0.29, 0.717) is 31.2 Å². The second-order valence-corrected chi connectivity index (χ2v) is 19.4. The van der Waals surface area contributed by atoms with E-state index in [9.17, 15) is 19.2 Å². The zero-order valence-electron chi connectivity index (χ0n) is 40.5. The van der Waals surface area contributed by atoms with E-state index in [1.807, 2.05) is 67.7 Å². The van der Waals surface area contributed by atoms with E-state index >= 15 is 0 Å². The highest BCUT2D eigenvalue weighted by atomic mass is 16.6.